The van der Waals surface area contributed by atoms with Crippen LogP contribution in [0.15, 0.2) is 47.4 Å². The third-order valence-electron chi connectivity index (χ3n) is 5.37. The number of nitrogens with zero attached hydrogens (tertiary/aromatic N) is 1. The predicted octanol–water partition coefficient (Wildman–Crippen LogP) is 4.42. The number of carbonyl (C=O) groups is 2. The minimum atomic E-state index is -4.10. The molecule has 0 aliphatic carbocycles. The molecule has 0 fully saturated rings. The van der Waals surface area contributed by atoms with E-state index in [1.54, 1.807) is 45.9 Å². The highest BCUT2D eigenvalue weighted by atomic mass is 32.2. The molecule has 0 spiro atoms. The number of ketones is 1. The van der Waals surface area contributed by atoms with Crippen LogP contribution < -0.4 is 9.04 Å². The number of esters is 1. The van der Waals surface area contributed by atoms with E-state index in [1.165, 1.54) is 23.4 Å². The lowest BCUT2D eigenvalue weighted by atomic mass is 10.0. The third-order valence-corrected chi connectivity index (χ3v) is 7.28. The Morgan fingerprint density at radius 1 is 1.12 bits per heavy atom. The Kier molecular flexibility index (Phi) is 7.35. The zero-order valence-electron chi connectivity index (χ0n) is 20.0. The van der Waals surface area contributed by atoms with E-state index in [9.17, 15) is 22.4 Å². The summed E-state index contributed by atoms with van der Waals surface area (Å²) in [4.78, 5) is 23.8. The number of benzene rings is 2. The second kappa shape index (κ2) is 9.74. The normalized spacial score (nSPS) is 18.1. The molecule has 2 atom stereocenters. The Hall–Kier alpha value is -2.94. The Labute approximate surface area is 199 Å². The summed E-state index contributed by atoms with van der Waals surface area (Å²) in [6.45, 7) is 8.48. The fraction of sp³-hybridized carbons (Fsp3) is 0.440. The molecule has 0 bridgehead atoms. The average Bonchev–Trinajstić information content (AvgIpc) is 2.71. The summed E-state index contributed by atoms with van der Waals surface area (Å²) in [5.41, 5.74) is 0.187. The monoisotopic (exact) mass is 491 g/mol. The largest absolute Gasteiger partial charge is 0.486 e. The van der Waals surface area contributed by atoms with E-state index >= 15 is 0 Å². The zero-order valence-corrected chi connectivity index (χ0v) is 20.8. The zero-order chi connectivity index (χ0) is 25.3. The van der Waals surface area contributed by atoms with Gasteiger partial charge in [-0.3, -0.25) is 9.10 Å². The summed E-state index contributed by atoms with van der Waals surface area (Å²) in [6.07, 6.45) is -0.0310. The summed E-state index contributed by atoms with van der Waals surface area (Å²) >= 11 is 0. The molecule has 7 nitrogen and oxygen atoms in total. The number of sulfonamides is 1. The van der Waals surface area contributed by atoms with Gasteiger partial charge < -0.3 is 14.3 Å². The van der Waals surface area contributed by atoms with Gasteiger partial charge >= 0.3 is 5.97 Å². The van der Waals surface area contributed by atoms with Gasteiger partial charge in [0.15, 0.2) is 0 Å². The number of hydrogen-bond acceptors (Lipinski definition) is 6. The SMILES string of the molecule is CC(=O)CC[C@@H]1Oc2ccc(CC(=O)OC(C)(C)C)cc2N(S(=O)(=O)c2ccc(F)cc2)[C@H]1C. The van der Waals surface area contributed by atoms with E-state index in [2.05, 4.69) is 0 Å². The summed E-state index contributed by atoms with van der Waals surface area (Å²) < 4.78 is 53.5. The van der Waals surface area contributed by atoms with Crippen LogP contribution in [0.25, 0.3) is 0 Å². The van der Waals surface area contributed by atoms with Gasteiger partial charge in [-0.05, 0) is 83.0 Å². The van der Waals surface area contributed by atoms with Crippen LogP contribution in [0.4, 0.5) is 10.1 Å². The summed E-state index contributed by atoms with van der Waals surface area (Å²) in [5, 5.41) is 0. The van der Waals surface area contributed by atoms with Gasteiger partial charge in [-0.1, -0.05) is 6.07 Å². The topological polar surface area (TPSA) is 90.0 Å². The average molecular weight is 492 g/mol. The fourth-order valence-electron chi connectivity index (χ4n) is 3.84. The molecule has 184 valence electrons. The number of fused-ring (bicyclic) bond motifs is 1. The molecule has 2 aromatic rings. The van der Waals surface area contributed by atoms with Crippen molar-refractivity contribution in [1.82, 2.24) is 0 Å². The molecular weight excluding hydrogens is 461 g/mol. The van der Waals surface area contributed by atoms with E-state index < -0.39 is 39.6 Å². The molecule has 0 amide bonds. The van der Waals surface area contributed by atoms with Gasteiger partial charge in [0.2, 0.25) is 0 Å². The maximum Gasteiger partial charge on any atom is 0.310 e. The highest BCUT2D eigenvalue weighted by Crippen LogP contribution is 2.41. The molecule has 9 heteroatoms. The molecule has 0 radical (unpaired) electrons. The van der Waals surface area contributed by atoms with Crippen molar-refractivity contribution in [2.45, 2.75) is 76.5 Å². The van der Waals surface area contributed by atoms with E-state index in [1.807, 2.05) is 0 Å². The van der Waals surface area contributed by atoms with Crippen LogP contribution in [-0.4, -0.2) is 37.9 Å². The molecule has 0 saturated heterocycles. The van der Waals surface area contributed by atoms with E-state index in [4.69, 9.17) is 9.47 Å². The van der Waals surface area contributed by atoms with Crippen molar-refractivity contribution < 1.29 is 31.9 Å². The fourth-order valence-corrected chi connectivity index (χ4v) is 5.52. The molecule has 1 aliphatic heterocycles. The molecule has 2 aromatic carbocycles. The maximum absolute atomic E-state index is 13.7. The van der Waals surface area contributed by atoms with Crippen LogP contribution in [-0.2, 0) is 30.8 Å². The van der Waals surface area contributed by atoms with Gasteiger partial charge in [-0.25, -0.2) is 12.8 Å². The predicted molar refractivity (Wildman–Crippen MR) is 126 cm³/mol. The second-order valence-electron chi connectivity index (χ2n) is 9.46. The molecule has 0 aromatic heterocycles. The van der Waals surface area contributed by atoms with Crippen LogP contribution >= 0.6 is 0 Å². The first kappa shape index (κ1) is 25.7. The minimum Gasteiger partial charge on any atom is -0.486 e. The van der Waals surface area contributed by atoms with Gasteiger partial charge in [0.1, 0.15) is 29.1 Å². The molecular formula is C25H30FNO6S. The van der Waals surface area contributed by atoms with E-state index in [-0.39, 0.29) is 29.2 Å². The lowest BCUT2D eigenvalue weighted by molar-refractivity contribution is -0.153. The highest BCUT2D eigenvalue weighted by molar-refractivity contribution is 7.92. The van der Waals surface area contributed by atoms with Crippen molar-refractivity contribution in [1.29, 1.82) is 0 Å². The van der Waals surface area contributed by atoms with Gasteiger partial charge in [-0.15, -0.1) is 0 Å². The van der Waals surface area contributed by atoms with Crippen LogP contribution in [0.5, 0.6) is 5.75 Å². The van der Waals surface area contributed by atoms with E-state index in [0.29, 0.717) is 17.7 Å². The molecule has 0 N–H and O–H groups in total. The van der Waals surface area contributed by atoms with Crippen molar-refractivity contribution in [3.63, 3.8) is 0 Å². The second-order valence-corrected chi connectivity index (χ2v) is 11.3. The Bertz CT molecular complexity index is 1170. The summed E-state index contributed by atoms with van der Waals surface area (Å²) in [6, 6.07) is 8.84. The Morgan fingerprint density at radius 2 is 1.76 bits per heavy atom. The Balaban J connectivity index is 2.04. The van der Waals surface area contributed by atoms with Gasteiger partial charge in [0.05, 0.1) is 23.0 Å². The number of carbonyl (C=O) groups excluding carboxylic acids is 2. The van der Waals surface area contributed by atoms with Crippen molar-refractivity contribution in [3.8, 4) is 5.75 Å². The van der Waals surface area contributed by atoms with Gasteiger partial charge in [-0.2, -0.15) is 0 Å². The minimum absolute atomic E-state index is 0.0257. The quantitative estimate of drug-likeness (QED) is 0.533. The van der Waals surface area contributed by atoms with Crippen LogP contribution in [0.3, 0.4) is 0 Å². The number of halogens is 1. The number of Topliss-reactive ketones (excluding diaryl/α,β-unsaturated/α-hetero) is 1. The van der Waals surface area contributed by atoms with Crippen molar-refractivity contribution in [2.24, 2.45) is 0 Å². The first-order chi connectivity index (χ1) is 15.8. The van der Waals surface area contributed by atoms with Gasteiger partial charge in [0.25, 0.3) is 10.0 Å². The number of hydrogen-bond donors (Lipinski definition) is 0. The molecule has 3 rings (SSSR count). The first-order valence-corrected chi connectivity index (χ1v) is 12.5. The first-order valence-electron chi connectivity index (χ1n) is 11.1. The van der Waals surface area contributed by atoms with E-state index in [0.717, 1.165) is 12.1 Å². The molecule has 0 unspecified atom stereocenters. The number of ether oxygens (including phenoxy) is 2. The number of rotatable bonds is 7. The number of anilines is 1. The molecule has 34 heavy (non-hydrogen) atoms. The van der Waals surface area contributed by atoms with Crippen LogP contribution in [0.1, 0.15) is 53.0 Å². The van der Waals surface area contributed by atoms with Crippen molar-refractivity contribution in [3.05, 3.63) is 53.8 Å². The lowest BCUT2D eigenvalue weighted by Gasteiger charge is -2.41. The maximum atomic E-state index is 13.7. The van der Waals surface area contributed by atoms with Crippen molar-refractivity contribution >= 4 is 27.5 Å². The van der Waals surface area contributed by atoms with Crippen LogP contribution in [0, 0.1) is 5.82 Å². The van der Waals surface area contributed by atoms with Gasteiger partial charge in [0, 0.05) is 6.42 Å². The standard InChI is InChI=1S/C25H30FNO6S/c1-16(28)6-12-22-17(2)27(34(30,31)20-10-8-19(26)9-11-20)21-14-18(7-13-23(21)32-22)15-24(29)33-25(3,4)5/h7-11,13-14,17,22H,6,12,15H2,1-5H3/t17-,22-/m0/s1. The molecule has 0 saturated carbocycles. The summed E-state index contributed by atoms with van der Waals surface area (Å²) in [5.74, 6) is -0.689. The smallest absolute Gasteiger partial charge is 0.310 e. The highest BCUT2D eigenvalue weighted by Gasteiger charge is 2.40. The Morgan fingerprint density at radius 3 is 2.35 bits per heavy atom. The summed E-state index contributed by atoms with van der Waals surface area (Å²) in [7, 11) is -4.10. The third kappa shape index (κ3) is 5.94. The lowest BCUT2D eigenvalue weighted by Crippen LogP contribution is -2.50. The molecule has 1 aliphatic rings. The van der Waals surface area contributed by atoms with Crippen LogP contribution in [0.2, 0.25) is 0 Å². The molecule has 1 heterocycles. The van der Waals surface area contributed by atoms with Crippen molar-refractivity contribution in [2.75, 3.05) is 4.31 Å².